The van der Waals surface area contributed by atoms with E-state index in [1.54, 1.807) is 11.3 Å². The minimum Gasteiger partial charge on any atom is -0.395 e. The molecule has 1 saturated heterocycles. The molecule has 0 spiro atoms. The Morgan fingerprint density at radius 2 is 2.03 bits per heavy atom. The van der Waals surface area contributed by atoms with Crippen molar-refractivity contribution >= 4 is 40.2 Å². The van der Waals surface area contributed by atoms with Crippen molar-refractivity contribution in [3.63, 3.8) is 0 Å². The second-order valence-electron chi connectivity index (χ2n) is 7.32. The zero-order valence-corrected chi connectivity index (χ0v) is 19.9. The number of aliphatic hydroxyl groups excluding tert-OH is 1. The number of carbonyl (C=O) groups is 1. The van der Waals surface area contributed by atoms with Crippen LogP contribution in [0, 0.1) is 6.92 Å². The standard InChI is InChI=1S/C19H28N4O2S2.CH3Cl/c1-3-23(7-5-22(6-8-23)11-19(25)20-4-9-24)12-17-10-16(13-27-17)18-14-26-15(2)21-18;1-2/h10,13-14,24H,3-9,11-12H2,1-2H3;1H3/p+2. The molecule has 9 heteroatoms. The van der Waals surface area contributed by atoms with Crippen molar-refractivity contribution in [1.82, 2.24) is 10.3 Å². The highest BCUT2D eigenvalue weighted by Crippen LogP contribution is 2.29. The van der Waals surface area contributed by atoms with Crippen LogP contribution in [0.2, 0.25) is 0 Å². The summed E-state index contributed by atoms with van der Waals surface area (Å²) in [6.45, 7) is 11.6. The van der Waals surface area contributed by atoms with E-state index in [1.807, 2.05) is 18.3 Å². The van der Waals surface area contributed by atoms with Crippen LogP contribution in [-0.2, 0) is 11.3 Å². The summed E-state index contributed by atoms with van der Waals surface area (Å²) < 4.78 is 1.10. The number of aliphatic hydroxyl groups is 1. The van der Waals surface area contributed by atoms with Crippen molar-refractivity contribution in [3.05, 3.63) is 26.7 Å². The van der Waals surface area contributed by atoms with Crippen LogP contribution >= 0.6 is 34.3 Å². The molecule has 1 amide bonds. The number of likely N-dealkylation sites (N-methyl/N-ethyl adjacent to an activating group) is 1. The lowest BCUT2D eigenvalue weighted by atomic mass is 10.2. The molecule has 0 aromatic carbocycles. The lowest BCUT2D eigenvalue weighted by Gasteiger charge is -2.42. The third-order valence-corrected chi connectivity index (χ3v) is 7.15. The largest absolute Gasteiger partial charge is 0.395 e. The first kappa shape index (κ1) is 24.2. The Hall–Kier alpha value is -1.03. The first-order chi connectivity index (χ1) is 14.0. The Balaban J connectivity index is 0.00000145. The molecule has 2 aromatic heterocycles. The summed E-state index contributed by atoms with van der Waals surface area (Å²) >= 11 is 8.17. The van der Waals surface area contributed by atoms with E-state index in [4.69, 9.17) is 5.11 Å². The van der Waals surface area contributed by atoms with Gasteiger partial charge >= 0.3 is 0 Å². The molecule has 6 nitrogen and oxygen atoms in total. The Labute approximate surface area is 186 Å². The molecule has 1 aliphatic rings. The maximum atomic E-state index is 11.9. The van der Waals surface area contributed by atoms with E-state index in [9.17, 15) is 4.79 Å². The van der Waals surface area contributed by atoms with E-state index in [1.165, 1.54) is 21.7 Å². The third-order valence-electron chi connectivity index (χ3n) is 5.45. The summed E-state index contributed by atoms with van der Waals surface area (Å²) in [6, 6.07) is 2.30. The van der Waals surface area contributed by atoms with Crippen LogP contribution in [0.4, 0.5) is 0 Å². The number of thiophene rings is 1. The number of nitrogens with zero attached hydrogens (tertiary/aromatic N) is 2. The number of rotatable bonds is 8. The number of carbonyl (C=O) groups excluding carboxylic acids is 1. The van der Waals surface area contributed by atoms with Crippen LogP contribution in [0.3, 0.4) is 0 Å². The normalized spacial score (nSPS) is 21.3. The molecule has 0 aliphatic carbocycles. The van der Waals surface area contributed by atoms with Gasteiger partial charge in [0.1, 0.15) is 32.7 Å². The van der Waals surface area contributed by atoms with E-state index in [0.29, 0.717) is 13.1 Å². The molecule has 1 fully saturated rings. The first-order valence-corrected chi connectivity index (χ1v) is 12.5. The minimum absolute atomic E-state index is 0.000179. The molecule has 3 heterocycles. The topological polar surface area (TPSA) is 66.7 Å². The van der Waals surface area contributed by atoms with E-state index in [-0.39, 0.29) is 12.5 Å². The van der Waals surface area contributed by atoms with E-state index in [0.717, 1.165) is 54.5 Å². The minimum atomic E-state index is 0.000179. The predicted molar refractivity (Wildman–Crippen MR) is 122 cm³/mol. The van der Waals surface area contributed by atoms with E-state index >= 15 is 0 Å². The molecule has 0 unspecified atom stereocenters. The number of alkyl halides is 1. The molecule has 2 aromatic rings. The van der Waals surface area contributed by atoms with Crippen molar-refractivity contribution in [2.24, 2.45) is 0 Å². The maximum Gasteiger partial charge on any atom is 0.275 e. The molecule has 29 heavy (non-hydrogen) atoms. The summed E-state index contributed by atoms with van der Waals surface area (Å²) in [5.74, 6) is 0.0389. The molecular weight excluding hydrogens is 428 g/mol. The van der Waals surface area contributed by atoms with Gasteiger partial charge in [0.15, 0.2) is 6.54 Å². The Morgan fingerprint density at radius 3 is 2.62 bits per heavy atom. The van der Waals surface area contributed by atoms with E-state index < -0.39 is 0 Å². The Kier molecular flexibility index (Phi) is 10.0. The highest BCUT2D eigenvalue weighted by Gasteiger charge is 2.35. The van der Waals surface area contributed by atoms with Gasteiger partial charge in [-0.05, 0) is 19.9 Å². The molecule has 0 radical (unpaired) electrons. The first-order valence-electron chi connectivity index (χ1n) is 9.97. The van der Waals surface area contributed by atoms with Crippen LogP contribution in [0.15, 0.2) is 16.8 Å². The van der Waals surface area contributed by atoms with Crippen molar-refractivity contribution in [3.8, 4) is 11.3 Å². The maximum absolute atomic E-state index is 11.9. The highest BCUT2D eigenvalue weighted by molar-refractivity contribution is 7.11. The smallest absolute Gasteiger partial charge is 0.275 e. The second kappa shape index (κ2) is 12.0. The summed E-state index contributed by atoms with van der Waals surface area (Å²) in [6.07, 6.45) is 1.47. The van der Waals surface area contributed by atoms with E-state index in [2.05, 4.69) is 45.7 Å². The lowest BCUT2D eigenvalue weighted by Crippen LogP contribution is -3.16. The number of aromatic nitrogens is 1. The quantitative estimate of drug-likeness (QED) is 0.412. The SMILES string of the molecule is CC[N+]1(Cc2cc(-c3csc(C)n3)cs2)CC[NH+](CC(=O)NCCO)CC1.CCl. The number of nitrogens with one attached hydrogen (secondary N) is 2. The van der Waals surface area contributed by atoms with Gasteiger partial charge < -0.3 is 19.8 Å². The van der Waals surface area contributed by atoms with Gasteiger partial charge in [-0.3, -0.25) is 4.79 Å². The van der Waals surface area contributed by atoms with Crippen molar-refractivity contribution in [1.29, 1.82) is 0 Å². The average molecular weight is 461 g/mol. The number of halogens is 1. The Bertz CT molecular complexity index is 757. The number of piperazine rings is 1. The van der Waals surface area contributed by atoms with Gasteiger partial charge in [0.05, 0.1) is 28.7 Å². The third kappa shape index (κ3) is 7.01. The zero-order valence-electron chi connectivity index (χ0n) is 17.5. The summed E-state index contributed by atoms with van der Waals surface area (Å²) in [7, 11) is 0. The molecule has 0 saturated carbocycles. The zero-order chi connectivity index (χ0) is 21.3. The molecule has 3 N–H and O–H groups in total. The van der Waals surface area contributed by atoms with Crippen LogP contribution < -0.4 is 10.2 Å². The molecule has 162 valence electrons. The van der Waals surface area contributed by atoms with Gasteiger partial charge in [-0.1, -0.05) is 0 Å². The molecular formula is C20H33ClN4O2S2+2. The van der Waals surface area contributed by atoms with Gasteiger partial charge in [0.25, 0.3) is 5.91 Å². The average Bonchev–Trinajstić information content (AvgIpc) is 3.38. The molecule has 0 atom stereocenters. The molecule has 3 rings (SSSR count). The number of amides is 1. The number of hydrogen-bond donors (Lipinski definition) is 3. The van der Waals surface area contributed by atoms with Gasteiger partial charge in [0.2, 0.25) is 0 Å². The number of aryl methyl sites for hydroxylation is 1. The summed E-state index contributed by atoms with van der Waals surface area (Å²) in [5, 5.41) is 17.0. The number of hydrogen-bond acceptors (Lipinski definition) is 5. The lowest BCUT2D eigenvalue weighted by molar-refractivity contribution is -1.03. The predicted octanol–water partition coefficient (Wildman–Crippen LogP) is 1.38. The van der Waals surface area contributed by atoms with Crippen molar-refractivity contribution < 1.29 is 19.3 Å². The van der Waals surface area contributed by atoms with Gasteiger partial charge in [-0.15, -0.1) is 34.3 Å². The fraction of sp³-hybridized carbons (Fsp3) is 0.600. The second-order valence-corrected chi connectivity index (χ2v) is 9.38. The van der Waals surface area contributed by atoms with Crippen molar-refractivity contribution in [2.75, 3.05) is 58.8 Å². The summed E-state index contributed by atoms with van der Waals surface area (Å²) in [5.41, 5.74) is 2.32. The van der Waals surface area contributed by atoms with Crippen LogP contribution in [0.25, 0.3) is 11.3 Å². The Morgan fingerprint density at radius 1 is 1.31 bits per heavy atom. The van der Waals surface area contributed by atoms with Gasteiger partial charge in [0, 0.05) is 29.3 Å². The van der Waals surface area contributed by atoms with Crippen LogP contribution in [-0.4, -0.2) is 79.3 Å². The van der Waals surface area contributed by atoms with Gasteiger partial charge in [-0.25, -0.2) is 4.98 Å². The highest BCUT2D eigenvalue weighted by atomic mass is 35.5. The van der Waals surface area contributed by atoms with Gasteiger partial charge in [-0.2, -0.15) is 0 Å². The fourth-order valence-corrected chi connectivity index (χ4v) is 5.33. The van der Waals surface area contributed by atoms with Crippen LogP contribution in [0.1, 0.15) is 16.8 Å². The summed E-state index contributed by atoms with van der Waals surface area (Å²) in [4.78, 5) is 19.2. The van der Waals surface area contributed by atoms with Crippen molar-refractivity contribution in [2.45, 2.75) is 20.4 Å². The van der Waals surface area contributed by atoms with Crippen LogP contribution in [0.5, 0.6) is 0 Å². The number of quaternary nitrogens is 2. The molecule has 1 aliphatic heterocycles. The number of thiazole rings is 1. The molecule has 0 bridgehead atoms. The monoisotopic (exact) mass is 460 g/mol. The fourth-order valence-electron chi connectivity index (χ4n) is 3.70.